The fourth-order valence-electron chi connectivity index (χ4n) is 1.88. The van der Waals surface area contributed by atoms with Gasteiger partial charge in [0.2, 0.25) is 0 Å². The first-order valence-electron chi connectivity index (χ1n) is 6.05. The number of carboxylic acids is 1. The van der Waals surface area contributed by atoms with Gasteiger partial charge in [0.25, 0.3) is 0 Å². The lowest BCUT2D eigenvalue weighted by Gasteiger charge is -2.10. The van der Waals surface area contributed by atoms with Crippen LogP contribution in [0.3, 0.4) is 0 Å². The number of anilines is 1. The minimum Gasteiger partial charge on any atom is -0.478 e. The average molecular weight is 327 g/mol. The van der Waals surface area contributed by atoms with Gasteiger partial charge in [-0.3, -0.25) is 0 Å². The van der Waals surface area contributed by atoms with E-state index in [4.69, 9.17) is 5.11 Å². The van der Waals surface area contributed by atoms with E-state index in [9.17, 15) is 9.59 Å². The summed E-state index contributed by atoms with van der Waals surface area (Å²) in [5.74, 6) is 0.145. The summed E-state index contributed by atoms with van der Waals surface area (Å²) in [4.78, 5) is 22.8. The Kier molecular flexibility index (Phi) is 4.09. The maximum atomic E-state index is 11.7. The molecule has 19 heavy (non-hydrogen) atoms. The number of carboxylic acid groups (broad SMARTS) is 1. The first-order chi connectivity index (χ1) is 8.97. The van der Waals surface area contributed by atoms with Crippen LogP contribution in [-0.4, -0.2) is 23.7 Å². The third-order valence-corrected chi connectivity index (χ3v) is 3.75. The summed E-state index contributed by atoms with van der Waals surface area (Å²) >= 11 is 3.25. The third kappa shape index (κ3) is 3.70. The number of halogens is 1. The molecule has 1 aromatic rings. The maximum Gasteiger partial charge on any atom is 0.337 e. The van der Waals surface area contributed by atoms with E-state index in [1.54, 1.807) is 12.1 Å². The highest BCUT2D eigenvalue weighted by Crippen LogP contribution is 2.36. The quantitative estimate of drug-likeness (QED) is 0.796. The highest BCUT2D eigenvalue weighted by molar-refractivity contribution is 9.10. The lowest BCUT2D eigenvalue weighted by atomic mass is 10.2. The van der Waals surface area contributed by atoms with Crippen LogP contribution in [0, 0.1) is 11.8 Å². The molecule has 1 fully saturated rings. The number of hydrogen-bond acceptors (Lipinski definition) is 2. The molecule has 1 aliphatic rings. The highest BCUT2D eigenvalue weighted by atomic mass is 79.9. The summed E-state index contributed by atoms with van der Waals surface area (Å²) in [6.07, 6.45) is 1.14. The van der Waals surface area contributed by atoms with E-state index >= 15 is 0 Å². The van der Waals surface area contributed by atoms with Crippen LogP contribution in [0.5, 0.6) is 0 Å². The van der Waals surface area contributed by atoms with Crippen LogP contribution in [-0.2, 0) is 0 Å². The van der Waals surface area contributed by atoms with Crippen molar-refractivity contribution in [3.05, 3.63) is 28.2 Å². The van der Waals surface area contributed by atoms with E-state index in [1.165, 1.54) is 6.07 Å². The van der Waals surface area contributed by atoms with Crippen LogP contribution in [0.15, 0.2) is 22.7 Å². The topological polar surface area (TPSA) is 78.4 Å². The Hall–Kier alpha value is -1.56. The number of carbonyl (C=O) groups is 2. The van der Waals surface area contributed by atoms with Crippen molar-refractivity contribution in [2.24, 2.45) is 11.8 Å². The molecule has 0 saturated heterocycles. The zero-order valence-electron chi connectivity index (χ0n) is 10.4. The molecule has 0 spiro atoms. The van der Waals surface area contributed by atoms with Crippen LogP contribution >= 0.6 is 15.9 Å². The number of aromatic carboxylic acids is 1. The monoisotopic (exact) mass is 326 g/mol. The number of urea groups is 1. The Balaban J connectivity index is 1.98. The molecule has 2 unspecified atom stereocenters. The minimum absolute atomic E-state index is 0.0677. The van der Waals surface area contributed by atoms with Crippen LogP contribution in [0.4, 0.5) is 10.5 Å². The Labute approximate surface area is 119 Å². The summed E-state index contributed by atoms with van der Waals surface area (Å²) in [6, 6.07) is 4.27. The molecule has 3 N–H and O–H groups in total. The van der Waals surface area contributed by atoms with Crippen molar-refractivity contribution in [1.29, 1.82) is 0 Å². The molecule has 102 valence electrons. The smallest absolute Gasteiger partial charge is 0.337 e. The number of rotatable bonds is 4. The van der Waals surface area contributed by atoms with Crippen molar-refractivity contribution in [2.45, 2.75) is 13.3 Å². The van der Waals surface area contributed by atoms with Crippen molar-refractivity contribution in [1.82, 2.24) is 5.32 Å². The molecular weight excluding hydrogens is 312 g/mol. The Morgan fingerprint density at radius 2 is 2.16 bits per heavy atom. The summed E-state index contributed by atoms with van der Waals surface area (Å²) < 4.78 is 0.712. The van der Waals surface area contributed by atoms with Gasteiger partial charge < -0.3 is 15.7 Å². The second kappa shape index (κ2) is 5.61. The maximum absolute atomic E-state index is 11.7. The molecule has 1 aromatic carbocycles. The molecule has 2 atom stereocenters. The van der Waals surface area contributed by atoms with Crippen LogP contribution < -0.4 is 10.6 Å². The molecule has 0 heterocycles. The van der Waals surface area contributed by atoms with Gasteiger partial charge in [-0.1, -0.05) is 22.9 Å². The van der Waals surface area contributed by atoms with Gasteiger partial charge in [-0.25, -0.2) is 9.59 Å². The fourth-order valence-corrected chi connectivity index (χ4v) is 2.24. The summed E-state index contributed by atoms with van der Waals surface area (Å²) in [5.41, 5.74) is 0.348. The Morgan fingerprint density at radius 3 is 2.74 bits per heavy atom. The number of nitrogens with one attached hydrogen (secondary N) is 2. The van der Waals surface area contributed by atoms with Crippen LogP contribution in [0.25, 0.3) is 0 Å². The van der Waals surface area contributed by atoms with E-state index in [1.807, 2.05) is 0 Å². The van der Waals surface area contributed by atoms with Gasteiger partial charge >= 0.3 is 12.0 Å². The van der Waals surface area contributed by atoms with E-state index < -0.39 is 5.97 Å². The van der Waals surface area contributed by atoms with Gasteiger partial charge in [-0.2, -0.15) is 0 Å². The molecule has 0 radical (unpaired) electrons. The van der Waals surface area contributed by atoms with E-state index in [0.29, 0.717) is 22.9 Å². The summed E-state index contributed by atoms with van der Waals surface area (Å²) in [5, 5.41) is 14.4. The largest absolute Gasteiger partial charge is 0.478 e. The molecular formula is C13H15BrN2O3. The van der Waals surface area contributed by atoms with Gasteiger partial charge in [-0.15, -0.1) is 0 Å². The molecule has 6 heteroatoms. The highest BCUT2D eigenvalue weighted by Gasteiger charge is 2.32. The van der Waals surface area contributed by atoms with Crippen LogP contribution in [0.2, 0.25) is 0 Å². The number of carbonyl (C=O) groups excluding carboxylic acids is 1. The predicted molar refractivity (Wildman–Crippen MR) is 75.4 cm³/mol. The van der Waals surface area contributed by atoms with E-state index in [-0.39, 0.29) is 17.3 Å². The van der Waals surface area contributed by atoms with Crippen molar-refractivity contribution >= 4 is 33.6 Å². The second-order valence-electron chi connectivity index (χ2n) is 4.80. The molecule has 0 aliphatic heterocycles. The predicted octanol–water partition coefficient (Wildman–Crippen LogP) is 2.92. The second-order valence-corrected chi connectivity index (χ2v) is 5.72. The van der Waals surface area contributed by atoms with Gasteiger partial charge in [0.1, 0.15) is 0 Å². The Morgan fingerprint density at radius 1 is 1.47 bits per heavy atom. The Bertz CT molecular complexity index is 519. The lowest BCUT2D eigenvalue weighted by molar-refractivity contribution is 0.0698. The van der Waals surface area contributed by atoms with Crippen molar-refractivity contribution < 1.29 is 14.7 Å². The first kappa shape index (κ1) is 13.9. The number of hydrogen-bond donors (Lipinski definition) is 3. The number of benzene rings is 1. The minimum atomic E-state index is -1.07. The van der Waals surface area contributed by atoms with Crippen molar-refractivity contribution in [3.8, 4) is 0 Å². The molecule has 2 rings (SSSR count). The number of amides is 2. The van der Waals surface area contributed by atoms with Gasteiger partial charge in [-0.05, 0) is 36.5 Å². The molecule has 1 saturated carbocycles. The molecule has 1 aliphatic carbocycles. The first-order valence-corrected chi connectivity index (χ1v) is 6.84. The van der Waals surface area contributed by atoms with Gasteiger partial charge in [0, 0.05) is 11.0 Å². The zero-order valence-corrected chi connectivity index (χ0v) is 12.0. The molecule has 0 aromatic heterocycles. The molecule has 5 nitrogen and oxygen atoms in total. The van der Waals surface area contributed by atoms with E-state index in [2.05, 4.69) is 33.5 Å². The third-order valence-electron chi connectivity index (χ3n) is 3.26. The standard InChI is InChI=1S/C13H15BrN2O3/c1-7-4-8(7)6-15-13(19)16-11-5-9(14)2-3-10(11)12(17)18/h2-3,5,7-8H,4,6H2,1H3,(H,17,18)(H2,15,16,19). The zero-order chi connectivity index (χ0) is 14.0. The van der Waals surface area contributed by atoms with Crippen molar-refractivity contribution in [3.63, 3.8) is 0 Å². The normalized spacial score (nSPS) is 20.7. The summed E-state index contributed by atoms with van der Waals surface area (Å²) in [6.45, 7) is 2.77. The van der Waals surface area contributed by atoms with E-state index in [0.717, 1.165) is 6.42 Å². The molecule has 2 amide bonds. The van der Waals surface area contributed by atoms with Gasteiger partial charge in [0.05, 0.1) is 11.3 Å². The van der Waals surface area contributed by atoms with Crippen molar-refractivity contribution in [2.75, 3.05) is 11.9 Å². The van der Waals surface area contributed by atoms with Crippen LogP contribution in [0.1, 0.15) is 23.7 Å². The van der Waals surface area contributed by atoms with Gasteiger partial charge in [0.15, 0.2) is 0 Å². The fraction of sp³-hybridized carbons (Fsp3) is 0.385. The summed E-state index contributed by atoms with van der Waals surface area (Å²) in [7, 11) is 0. The molecule has 0 bridgehead atoms. The lowest BCUT2D eigenvalue weighted by Crippen LogP contribution is -2.31. The average Bonchev–Trinajstić information content (AvgIpc) is 3.02. The SMILES string of the molecule is CC1CC1CNC(=O)Nc1cc(Br)ccc1C(=O)O.